The van der Waals surface area contributed by atoms with Crippen LogP contribution in [0.25, 0.3) is 11.4 Å². The predicted octanol–water partition coefficient (Wildman–Crippen LogP) is 4.07. The van der Waals surface area contributed by atoms with Crippen molar-refractivity contribution in [1.82, 2.24) is 20.0 Å². The molecule has 0 bridgehead atoms. The van der Waals surface area contributed by atoms with E-state index in [4.69, 9.17) is 19.0 Å². The highest BCUT2D eigenvalue weighted by Gasteiger charge is 2.27. The summed E-state index contributed by atoms with van der Waals surface area (Å²) in [6.45, 7) is 9.36. The molecule has 0 radical (unpaired) electrons. The summed E-state index contributed by atoms with van der Waals surface area (Å²) in [6, 6.07) is 7.64. The molecule has 3 heterocycles. The molecule has 3 aromatic rings. The highest BCUT2D eigenvalue weighted by atomic mass is 32.1. The van der Waals surface area contributed by atoms with Gasteiger partial charge in [-0.1, -0.05) is 38.1 Å². The zero-order valence-corrected chi connectivity index (χ0v) is 18.0. The van der Waals surface area contributed by atoms with Crippen LogP contribution < -0.4 is 4.74 Å². The third kappa shape index (κ3) is 4.66. The van der Waals surface area contributed by atoms with Gasteiger partial charge in [0, 0.05) is 29.4 Å². The molecule has 0 saturated carbocycles. The average Bonchev–Trinajstić information content (AvgIpc) is 3.38. The van der Waals surface area contributed by atoms with Crippen LogP contribution in [0.15, 0.2) is 34.2 Å². The van der Waals surface area contributed by atoms with Gasteiger partial charge in [0.2, 0.25) is 11.7 Å². The molecule has 1 unspecified atom stereocenters. The van der Waals surface area contributed by atoms with E-state index in [1.165, 1.54) is 0 Å². The van der Waals surface area contributed by atoms with E-state index in [2.05, 4.69) is 41.2 Å². The molecule has 0 amide bonds. The molecule has 7 nitrogen and oxygen atoms in total. The van der Waals surface area contributed by atoms with Crippen molar-refractivity contribution in [1.29, 1.82) is 0 Å². The van der Waals surface area contributed by atoms with Gasteiger partial charge in [0.05, 0.1) is 26.0 Å². The van der Waals surface area contributed by atoms with E-state index in [0.29, 0.717) is 24.9 Å². The predicted molar refractivity (Wildman–Crippen MR) is 111 cm³/mol. The van der Waals surface area contributed by atoms with Crippen molar-refractivity contribution in [3.8, 4) is 17.1 Å². The summed E-state index contributed by atoms with van der Waals surface area (Å²) >= 11 is 1.67. The molecule has 2 aromatic heterocycles. The van der Waals surface area contributed by atoms with Gasteiger partial charge in [-0.3, -0.25) is 4.90 Å². The van der Waals surface area contributed by atoms with Crippen LogP contribution in [-0.2, 0) is 16.7 Å². The second-order valence-corrected chi connectivity index (χ2v) is 9.05. The van der Waals surface area contributed by atoms with Gasteiger partial charge in [-0.05, 0) is 12.1 Å². The second-order valence-electron chi connectivity index (χ2n) is 8.16. The van der Waals surface area contributed by atoms with Gasteiger partial charge in [0.25, 0.3) is 0 Å². The molecule has 0 spiro atoms. The number of rotatable bonds is 5. The molecule has 1 saturated heterocycles. The first-order valence-electron chi connectivity index (χ1n) is 9.69. The standard InChI is InChI=1S/C21H26N4O3S/c1-21(2,3)17-13-29-20(22-17)16-11-25(8-9-27-16)12-18-23-19(24-28-18)14-6-5-7-15(10-14)26-4/h5-7,10,13,16H,8-9,11-12H2,1-4H3. The minimum absolute atomic E-state index is 0.0226. The lowest BCUT2D eigenvalue weighted by molar-refractivity contribution is -0.0357. The molecule has 1 atom stereocenters. The number of methoxy groups -OCH3 is 1. The Hall–Kier alpha value is -2.29. The number of nitrogens with zero attached hydrogens (tertiary/aromatic N) is 4. The SMILES string of the molecule is COc1cccc(-c2noc(CN3CCOC(c4nc(C(C)(C)C)cs4)C3)n2)c1. The molecule has 4 rings (SSSR count). The fourth-order valence-corrected chi connectivity index (χ4v) is 4.25. The zero-order chi connectivity index (χ0) is 20.4. The number of morpholine rings is 1. The first-order chi connectivity index (χ1) is 13.9. The van der Waals surface area contributed by atoms with Crippen LogP contribution >= 0.6 is 11.3 Å². The molecule has 29 heavy (non-hydrogen) atoms. The van der Waals surface area contributed by atoms with Crippen LogP contribution in [-0.4, -0.2) is 46.8 Å². The second kappa shape index (κ2) is 8.22. The summed E-state index contributed by atoms with van der Waals surface area (Å²) in [7, 11) is 1.64. The molecule has 1 aliphatic rings. The largest absolute Gasteiger partial charge is 0.497 e. The van der Waals surface area contributed by atoms with Crippen molar-refractivity contribution < 1.29 is 14.0 Å². The number of thiazole rings is 1. The van der Waals surface area contributed by atoms with Gasteiger partial charge in [-0.2, -0.15) is 4.98 Å². The van der Waals surface area contributed by atoms with E-state index >= 15 is 0 Å². The number of aromatic nitrogens is 3. The number of hydrogen-bond acceptors (Lipinski definition) is 8. The normalized spacial score (nSPS) is 18.1. The zero-order valence-electron chi connectivity index (χ0n) is 17.2. The Labute approximate surface area is 174 Å². The Bertz CT molecular complexity index is 963. The van der Waals surface area contributed by atoms with E-state index in [-0.39, 0.29) is 11.5 Å². The fraction of sp³-hybridized carbons (Fsp3) is 0.476. The van der Waals surface area contributed by atoms with Crippen LogP contribution in [0.3, 0.4) is 0 Å². The number of hydrogen-bond donors (Lipinski definition) is 0. The highest BCUT2D eigenvalue weighted by Crippen LogP contribution is 2.30. The van der Waals surface area contributed by atoms with E-state index < -0.39 is 0 Å². The molecular weight excluding hydrogens is 388 g/mol. The third-order valence-electron chi connectivity index (χ3n) is 4.87. The van der Waals surface area contributed by atoms with Crippen molar-refractivity contribution in [3.05, 3.63) is 46.2 Å². The molecule has 1 aliphatic heterocycles. The summed E-state index contributed by atoms with van der Waals surface area (Å²) in [5.74, 6) is 1.93. The van der Waals surface area contributed by atoms with Gasteiger partial charge in [0.15, 0.2) is 0 Å². The van der Waals surface area contributed by atoms with Gasteiger partial charge in [-0.25, -0.2) is 4.98 Å². The molecule has 1 fully saturated rings. The first kappa shape index (κ1) is 20.0. The highest BCUT2D eigenvalue weighted by molar-refractivity contribution is 7.09. The van der Waals surface area contributed by atoms with Crippen LogP contribution in [0.5, 0.6) is 5.75 Å². The van der Waals surface area contributed by atoms with Crippen LogP contribution in [0.2, 0.25) is 0 Å². The minimum Gasteiger partial charge on any atom is -0.497 e. The smallest absolute Gasteiger partial charge is 0.241 e. The summed E-state index contributed by atoms with van der Waals surface area (Å²) in [5, 5.41) is 7.29. The van der Waals surface area contributed by atoms with E-state index in [0.717, 1.165) is 35.1 Å². The first-order valence-corrected chi connectivity index (χ1v) is 10.6. The lowest BCUT2D eigenvalue weighted by Crippen LogP contribution is -2.37. The van der Waals surface area contributed by atoms with Crippen molar-refractivity contribution in [2.75, 3.05) is 26.8 Å². The van der Waals surface area contributed by atoms with Gasteiger partial charge >= 0.3 is 0 Å². The molecule has 154 valence electrons. The summed E-state index contributed by atoms with van der Waals surface area (Å²) in [4.78, 5) is 11.6. The van der Waals surface area contributed by atoms with E-state index in [1.807, 2.05) is 24.3 Å². The van der Waals surface area contributed by atoms with Crippen molar-refractivity contribution in [3.63, 3.8) is 0 Å². The molecule has 8 heteroatoms. The van der Waals surface area contributed by atoms with Gasteiger partial charge < -0.3 is 14.0 Å². The van der Waals surface area contributed by atoms with Crippen LogP contribution in [0.1, 0.15) is 43.5 Å². The monoisotopic (exact) mass is 414 g/mol. The Morgan fingerprint density at radius 3 is 2.90 bits per heavy atom. The summed E-state index contributed by atoms with van der Waals surface area (Å²) in [6.07, 6.45) is -0.0226. The summed E-state index contributed by atoms with van der Waals surface area (Å²) in [5.41, 5.74) is 2.03. The maximum Gasteiger partial charge on any atom is 0.241 e. The summed E-state index contributed by atoms with van der Waals surface area (Å²) < 4.78 is 16.7. The third-order valence-corrected chi connectivity index (χ3v) is 5.81. The Kier molecular flexibility index (Phi) is 5.67. The van der Waals surface area contributed by atoms with E-state index in [1.54, 1.807) is 18.4 Å². The lowest BCUT2D eigenvalue weighted by atomic mass is 9.93. The molecule has 0 aliphatic carbocycles. The Morgan fingerprint density at radius 1 is 1.28 bits per heavy atom. The van der Waals surface area contributed by atoms with Crippen molar-refractivity contribution >= 4 is 11.3 Å². The average molecular weight is 415 g/mol. The van der Waals surface area contributed by atoms with Crippen molar-refractivity contribution in [2.45, 2.75) is 38.8 Å². The molecule has 1 aromatic carbocycles. The molecular formula is C21H26N4O3S. The number of benzene rings is 1. The van der Waals surface area contributed by atoms with Crippen LogP contribution in [0.4, 0.5) is 0 Å². The number of ether oxygens (including phenoxy) is 2. The molecule has 0 N–H and O–H groups in total. The van der Waals surface area contributed by atoms with E-state index in [9.17, 15) is 0 Å². The van der Waals surface area contributed by atoms with Crippen molar-refractivity contribution in [2.24, 2.45) is 0 Å². The quantitative estimate of drug-likeness (QED) is 0.623. The Balaban J connectivity index is 1.42. The Morgan fingerprint density at radius 2 is 2.14 bits per heavy atom. The maximum atomic E-state index is 5.98. The minimum atomic E-state index is -0.0226. The maximum absolute atomic E-state index is 5.98. The fourth-order valence-electron chi connectivity index (χ4n) is 3.17. The lowest BCUT2D eigenvalue weighted by Gasteiger charge is -2.30. The van der Waals surface area contributed by atoms with Crippen LogP contribution in [0, 0.1) is 0 Å². The topological polar surface area (TPSA) is 73.5 Å². The van der Waals surface area contributed by atoms with Gasteiger partial charge in [-0.15, -0.1) is 11.3 Å². The van der Waals surface area contributed by atoms with Gasteiger partial charge in [0.1, 0.15) is 16.9 Å².